The molecule has 306 valence electrons. The number of ether oxygens (including phenoxy) is 3. The molecule has 2 saturated carbocycles. The third-order valence-electron chi connectivity index (χ3n) is 11.6. The zero-order valence-electron chi connectivity index (χ0n) is 32.6. The third-order valence-corrected chi connectivity index (χ3v) is 13.4. The maximum atomic E-state index is 14.5. The minimum Gasteiger partial charge on any atom is -0.497 e. The minimum atomic E-state index is -3.91. The molecule has 4 aromatic rings. The van der Waals surface area contributed by atoms with Crippen molar-refractivity contribution in [3.05, 3.63) is 66.2 Å². The van der Waals surface area contributed by atoms with Gasteiger partial charge in [0.15, 0.2) is 11.3 Å². The number of aromatic nitrogens is 1. The van der Waals surface area contributed by atoms with Crippen LogP contribution in [0.25, 0.3) is 33.3 Å². The Morgan fingerprint density at radius 2 is 1.81 bits per heavy atom. The molecule has 2 aliphatic heterocycles. The Morgan fingerprint density at radius 3 is 2.55 bits per heavy atom. The van der Waals surface area contributed by atoms with Crippen LogP contribution in [-0.4, -0.2) is 91.9 Å². The molecule has 15 nitrogen and oxygen atoms in total. The van der Waals surface area contributed by atoms with Crippen molar-refractivity contribution in [3.63, 3.8) is 0 Å². The van der Waals surface area contributed by atoms with E-state index in [1.54, 1.807) is 25.3 Å². The zero-order valence-corrected chi connectivity index (χ0v) is 33.4. The van der Waals surface area contributed by atoms with Gasteiger partial charge in [-0.25, -0.2) is 18.2 Å². The highest BCUT2D eigenvalue weighted by atomic mass is 32.2. The van der Waals surface area contributed by atoms with E-state index in [2.05, 4.69) is 15.4 Å². The first-order valence-electron chi connectivity index (χ1n) is 19.7. The van der Waals surface area contributed by atoms with Gasteiger partial charge in [0.05, 0.1) is 37.1 Å². The summed E-state index contributed by atoms with van der Waals surface area (Å²) in [6.45, 7) is 1.95. The number of hydrogen-bond acceptors (Lipinski definition) is 11. The van der Waals surface area contributed by atoms with Gasteiger partial charge in [0.25, 0.3) is 5.91 Å². The first kappa shape index (κ1) is 39.2. The van der Waals surface area contributed by atoms with Gasteiger partial charge in [0.1, 0.15) is 40.6 Å². The van der Waals surface area contributed by atoms with Gasteiger partial charge in [0, 0.05) is 24.0 Å². The molecule has 0 unspecified atom stereocenters. The van der Waals surface area contributed by atoms with Gasteiger partial charge in [-0.15, -0.1) is 0 Å². The second kappa shape index (κ2) is 15.6. The lowest BCUT2D eigenvalue weighted by molar-refractivity contribution is -0.141. The van der Waals surface area contributed by atoms with E-state index >= 15 is 0 Å². The molecule has 58 heavy (non-hydrogen) atoms. The number of nitrogens with zero attached hydrogens (tertiary/aromatic N) is 2. The Bertz CT molecular complexity index is 2410. The molecule has 3 N–H and O–H groups in total. The van der Waals surface area contributed by atoms with Gasteiger partial charge in [-0.3, -0.25) is 19.1 Å². The molecule has 16 heteroatoms. The Morgan fingerprint density at radius 1 is 1.02 bits per heavy atom. The Labute approximate surface area is 335 Å². The standard InChI is InChI=1S/C42H47N5O10S/c1-24-11-13-25(14-12-24)32-21-35(37-36(43-32)30-19-27(54-2)15-18-34(30)57-37)56-28-20-33-38(48)45-42(40(50)46-58(52,53)29-16-17-29)22-26(42)9-7-5-4-6-8-10-31(44-41(51)55-3)39(49)47(33)23-28/h7,9,11-15,18-19,21,26,28-29,31,33H,4-6,8,10,16-17,20,22-23H2,1-3H3,(H,44,51)(H,45,48)(H,46,50)/t26-,28-,31+,33+,42-/m1/s1. The van der Waals surface area contributed by atoms with Crippen molar-refractivity contribution in [3.8, 4) is 22.8 Å². The highest BCUT2D eigenvalue weighted by Gasteiger charge is 2.62. The summed E-state index contributed by atoms with van der Waals surface area (Å²) in [5.74, 6) is -1.44. The molecule has 4 aliphatic rings. The molecule has 3 fully saturated rings. The van der Waals surface area contributed by atoms with Gasteiger partial charge >= 0.3 is 6.09 Å². The Kier molecular flexibility index (Phi) is 10.5. The average molecular weight is 814 g/mol. The van der Waals surface area contributed by atoms with Crippen LogP contribution in [0.5, 0.6) is 11.5 Å². The number of rotatable bonds is 8. The number of carbonyl (C=O) groups excluding carboxylic acids is 4. The lowest BCUT2D eigenvalue weighted by atomic mass is 10.1. The molecule has 2 aromatic carbocycles. The van der Waals surface area contributed by atoms with Crippen molar-refractivity contribution in [1.82, 2.24) is 25.2 Å². The summed E-state index contributed by atoms with van der Waals surface area (Å²) in [6, 6.07) is 12.9. The first-order valence-corrected chi connectivity index (χ1v) is 21.3. The van der Waals surface area contributed by atoms with Gasteiger partial charge in [0.2, 0.25) is 21.8 Å². The summed E-state index contributed by atoms with van der Waals surface area (Å²) >= 11 is 0. The number of aryl methyl sites for hydroxylation is 1. The number of sulfonamides is 1. The van der Waals surface area contributed by atoms with Crippen LogP contribution in [-0.2, 0) is 29.1 Å². The molecule has 8 rings (SSSR count). The zero-order chi connectivity index (χ0) is 40.8. The van der Waals surface area contributed by atoms with E-state index < -0.39 is 68.7 Å². The van der Waals surface area contributed by atoms with Crippen LogP contribution in [0.1, 0.15) is 63.4 Å². The van der Waals surface area contributed by atoms with Crippen molar-refractivity contribution in [1.29, 1.82) is 0 Å². The lowest BCUT2D eigenvalue weighted by Gasteiger charge is -2.29. The smallest absolute Gasteiger partial charge is 0.407 e. The largest absolute Gasteiger partial charge is 0.497 e. The van der Waals surface area contributed by atoms with Crippen molar-refractivity contribution >= 4 is 55.9 Å². The monoisotopic (exact) mass is 813 g/mol. The first-order chi connectivity index (χ1) is 27.9. The van der Waals surface area contributed by atoms with Crippen LogP contribution in [0.3, 0.4) is 0 Å². The number of methoxy groups -OCH3 is 2. The minimum absolute atomic E-state index is 0.0127. The topological polar surface area (TPSA) is 195 Å². The number of carbonyl (C=O) groups is 4. The summed E-state index contributed by atoms with van der Waals surface area (Å²) in [6.07, 6.45) is 6.53. The van der Waals surface area contributed by atoms with E-state index in [0.29, 0.717) is 71.4 Å². The summed E-state index contributed by atoms with van der Waals surface area (Å²) in [5.41, 5.74) is 2.45. The number of pyridine rings is 1. The number of nitrogens with one attached hydrogen (secondary N) is 3. The van der Waals surface area contributed by atoms with E-state index in [0.717, 1.165) is 24.0 Å². The predicted octanol–water partition coefficient (Wildman–Crippen LogP) is 5.04. The fourth-order valence-corrected chi connectivity index (χ4v) is 9.36. The highest BCUT2D eigenvalue weighted by Crippen LogP contribution is 2.46. The molecule has 0 radical (unpaired) electrons. The average Bonchev–Trinajstić information content (AvgIpc) is 4.11. The van der Waals surface area contributed by atoms with Crippen LogP contribution in [0, 0.1) is 12.8 Å². The van der Waals surface area contributed by atoms with Gasteiger partial charge < -0.3 is 34.2 Å². The summed E-state index contributed by atoms with van der Waals surface area (Å²) < 4.78 is 51.4. The SMILES string of the molecule is COC(=O)N[C@H]1CCCCCC=C[C@@H]2C[C@@]2(C(=O)NS(=O)(=O)C2CC2)NC(=O)[C@@H]2C[C@@H](Oc3cc(-c4ccc(C)cc4)nc4c3oc3ccc(OC)cc34)CN2C1=O. The molecule has 5 atom stereocenters. The van der Waals surface area contributed by atoms with E-state index in [-0.39, 0.29) is 19.4 Å². The normalized spacial score (nSPS) is 25.2. The van der Waals surface area contributed by atoms with E-state index in [4.69, 9.17) is 23.6 Å². The van der Waals surface area contributed by atoms with Crippen molar-refractivity contribution in [2.24, 2.45) is 5.92 Å². The van der Waals surface area contributed by atoms with Crippen LogP contribution in [0.2, 0.25) is 0 Å². The molecule has 0 bridgehead atoms. The molecule has 2 aliphatic carbocycles. The van der Waals surface area contributed by atoms with Gasteiger partial charge in [-0.1, -0.05) is 54.8 Å². The quantitative estimate of drug-likeness (QED) is 0.202. The maximum Gasteiger partial charge on any atom is 0.407 e. The molecular formula is C42H47N5O10S. The third kappa shape index (κ3) is 7.81. The van der Waals surface area contributed by atoms with Crippen LogP contribution in [0.4, 0.5) is 4.79 Å². The second-order valence-electron chi connectivity index (χ2n) is 15.7. The van der Waals surface area contributed by atoms with E-state index in [1.165, 1.54) is 12.0 Å². The number of furan rings is 1. The van der Waals surface area contributed by atoms with Crippen molar-refractivity contribution < 1.29 is 46.2 Å². The number of allylic oxidation sites excluding steroid dienone is 1. The number of hydrogen-bond donors (Lipinski definition) is 3. The predicted molar refractivity (Wildman–Crippen MR) is 213 cm³/mol. The summed E-state index contributed by atoms with van der Waals surface area (Å²) in [5, 5.41) is 5.62. The Hall–Kier alpha value is -5.64. The highest BCUT2D eigenvalue weighted by molar-refractivity contribution is 7.91. The molecule has 2 aromatic heterocycles. The van der Waals surface area contributed by atoms with Crippen LogP contribution in [0.15, 0.2) is 65.1 Å². The molecular weight excluding hydrogens is 767 g/mol. The fourth-order valence-electron chi connectivity index (χ4n) is 8.00. The molecule has 1 saturated heterocycles. The van der Waals surface area contributed by atoms with Gasteiger partial charge in [-0.2, -0.15) is 0 Å². The number of alkyl carbamates (subject to hydrolysis) is 1. The number of benzene rings is 2. The van der Waals surface area contributed by atoms with E-state index in [9.17, 15) is 27.6 Å². The fraction of sp³-hybridized carbons (Fsp3) is 0.452. The van der Waals surface area contributed by atoms with Crippen molar-refractivity contribution in [2.45, 2.75) is 93.7 Å². The number of amides is 4. The van der Waals surface area contributed by atoms with E-state index in [1.807, 2.05) is 49.4 Å². The second-order valence-corrected chi connectivity index (χ2v) is 17.7. The Balaban J connectivity index is 1.16. The lowest BCUT2D eigenvalue weighted by Crippen LogP contribution is -2.58. The molecule has 0 spiro atoms. The molecule has 4 heterocycles. The summed E-state index contributed by atoms with van der Waals surface area (Å²) in [4.78, 5) is 61.7. The maximum absolute atomic E-state index is 14.5. The number of fused-ring (bicyclic) bond motifs is 5. The van der Waals surface area contributed by atoms with Crippen LogP contribution < -0.4 is 24.8 Å². The van der Waals surface area contributed by atoms with Crippen LogP contribution >= 0.6 is 0 Å². The summed E-state index contributed by atoms with van der Waals surface area (Å²) in [7, 11) is -1.12. The van der Waals surface area contributed by atoms with Crippen molar-refractivity contribution in [2.75, 3.05) is 20.8 Å². The van der Waals surface area contributed by atoms with Gasteiger partial charge in [-0.05, 0) is 63.6 Å². The molecule has 4 amide bonds.